The molecule has 2 aromatic heterocycles. The van der Waals surface area contributed by atoms with Crippen LogP contribution in [0.3, 0.4) is 0 Å². The molecule has 1 amide bonds. The lowest BCUT2D eigenvalue weighted by atomic mass is 10.0. The topological polar surface area (TPSA) is 90.1 Å². The van der Waals surface area contributed by atoms with Crippen molar-refractivity contribution in [1.29, 1.82) is 0 Å². The molecule has 132 valence electrons. The number of carbonyl (C=O) groups excluding carboxylic acids is 1. The summed E-state index contributed by atoms with van der Waals surface area (Å²) in [4.78, 5) is 20.7. The third kappa shape index (κ3) is 3.56. The standard InChI is InChI=1S/C19H18N4O3/c24-19(16-8-7-13-4-1-2-6-15(13)25-16)21-11-9-17-22-18(23-26-17)14-5-3-10-20-12-14/h1-6,10,12,16H,7-9,11H2,(H,21,24)/t16-/m0/s1. The zero-order chi connectivity index (χ0) is 17.8. The molecule has 3 heterocycles. The molecule has 7 nitrogen and oxygen atoms in total. The van der Waals surface area contributed by atoms with Gasteiger partial charge in [-0.15, -0.1) is 0 Å². The molecule has 0 fully saturated rings. The van der Waals surface area contributed by atoms with Crippen LogP contribution in [0.25, 0.3) is 11.4 Å². The quantitative estimate of drug-likeness (QED) is 0.758. The second-order valence-corrected chi connectivity index (χ2v) is 6.05. The van der Waals surface area contributed by atoms with Crippen molar-refractivity contribution in [2.45, 2.75) is 25.4 Å². The van der Waals surface area contributed by atoms with E-state index in [9.17, 15) is 4.79 Å². The molecule has 0 saturated carbocycles. The Balaban J connectivity index is 1.29. The van der Waals surface area contributed by atoms with Crippen LogP contribution in [0.15, 0.2) is 53.3 Å². The minimum atomic E-state index is -0.460. The number of para-hydroxylation sites is 1. The Hall–Kier alpha value is -3.22. The number of pyridine rings is 1. The first-order valence-electron chi connectivity index (χ1n) is 8.55. The number of hydrogen-bond acceptors (Lipinski definition) is 6. The first kappa shape index (κ1) is 16.3. The Morgan fingerprint density at radius 2 is 2.15 bits per heavy atom. The number of amides is 1. The summed E-state index contributed by atoms with van der Waals surface area (Å²) in [6.07, 6.45) is 4.88. The maximum Gasteiger partial charge on any atom is 0.261 e. The van der Waals surface area contributed by atoms with Crippen LogP contribution in [0, 0.1) is 0 Å². The monoisotopic (exact) mass is 350 g/mol. The van der Waals surface area contributed by atoms with Gasteiger partial charge in [-0.3, -0.25) is 9.78 Å². The van der Waals surface area contributed by atoms with Crippen LogP contribution in [0.2, 0.25) is 0 Å². The van der Waals surface area contributed by atoms with E-state index in [0.717, 1.165) is 23.3 Å². The van der Waals surface area contributed by atoms with Gasteiger partial charge in [-0.25, -0.2) is 0 Å². The summed E-state index contributed by atoms with van der Waals surface area (Å²) in [7, 11) is 0. The molecule has 7 heteroatoms. The fourth-order valence-electron chi connectivity index (χ4n) is 2.88. The molecule has 1 N–H and O–H groups in total. The molecule has 1 aromatic carbocycles. The molecule has 0 radical (unpaired) electrons. The van der Waals surface area contributed by atoms with Crippen molar-refractivity contribution in [2.24, 2.45) is 0 Å². The number of nitrogens with zero attached hydrogens (tertiary/aromatic N) is 3. The highest BCUT2D eigenvalue weighted by Crippen LogP contribution is 2.27. The number of ether oxygens (including phenoxy) is 1. The smallest absolute Gasteiger partial charge is 0.261 e. The van der Waals surface area contributed by atoms with Gasteiger partial charge in [0.2, 0.25) is 11.7 Å². The third-order valence-electron chi connectivity index (χ3n) is 4.24. The van der Waals surface area contributed by atoms with E-state index < -0.39 is 6.10 Å². The van der Waals surface area contributed by atoms with Gasteiger partial charge in [0.25, 0.3) is 5.91 Å². The van der Waals surface area contributed by atoms with Crippen LogP contribution in [0.4, 0.5) is 0 Å². The Kier molecular flexibility index (Phi) is 4.59. The molecule has 0 unspecified atom stereocenters. The van der Waals surface area contributed by atoms with E-state index in [1.165, 1.54) is 0 Å². The van der Waals surface area contributed by atoms with E-state index in [1.54, 1.807) is 12.4 Å². The average molecular weight is 350 g/mol. The molecule has 0 saturated heterocycles. The van der Waals surface area contributed by atoms with E-state index in [2.05, 4.69) is 20.4 Å². The number of benzene rings is 1. The average Bonchev–Trinajstić information content (AvgIpc) is 3.17. The predicted molar refractivity (Wildman–Crippen MR) is 93.4 cm³/mol. The second-order valence-electron chi connectivity index (χ2n) is 6.05. The summed E-state index contributed by atoms with van der Waals surface area (Å²) in [5.41, 5.74) is 1.94. The van der Waals surface area contributed by atoms with Crippen LogP contribution in [-0.2, 0) is 17.6 Å². The molecule has 1 aliphatic rings. The van der Waals surface area contributed by atoms with Crippen LogP contribution < -0.4 is 10.1 Å². The fourth-order valence-corrected chi connectivity index (χ4v) is 2.88. The molecule has 1 aliphatic heterocycles. The van der Waals surface area contributed by atoms with Gasteiger partial charge in [0.05, 0.1) is 0 Å². The molecule has 3 aromatic rings. The van der Waals surface area contributed by atoms with Gasteiger partial charge >= 0.3 is 0 Å². The Morgan fingerprint density at radius 3 is 3.04 bits per heavy atom. The van der Waals surface area contributed by atoms with Crippen molar-refractivity contribution < 1.29 is 14.1 Å². The lowest BCUT2D eigenvalue weighted by Gasteiger charge is -2.25. The van der Waals surface area contributed by atoms with Crippen LogP contribution in [0.5, 0.6) is 5.75 Å². The normalized spacial score (nSPS) is 15.8. The number of rotatable bonds is 5. The van der Waals surface area contributed by atoms with Gasteiger partial charge in [0.1, 0.15) is 5.75 Å². The molecule has 0 aliphatic carbocycles. The summed E-state index contributed by atoms with van der Waals surface area (Å²) in [6, 6.07) is 11.5. The summed E-state index contributed by atoms with van der Waals surface area (Å²) >= 11 is 0. The van der Waals surface area contributed by atoms with Crippen molar-refractivity contribution in [2.75, 3.05) is 6.54 Å². The van der Waals surface area contributed by atoms with E-state index in [4.69, 9.17) is 9.26 Å². The number of aryl methyl sites for hydroxylation is 1. The molecule has 1 atom stereocenters. The largest absolute Gasteiger partial charge is 0.480 e. The third-order valence-corrected chi connectivity index (χ3v) is 4.24. The van der Waals surface area contributed by atoms with Crippen molar-refractivity contribution >= 4 is 5.91 Å². The van der Waals surface area contributed by atoms with Crippen LogP contribution in [-0.4, -0.2) is 33.7 Å². The second kappa shape index (κ2) is 7.35. The highest BCUT2D eigenvalue weighted by Gasteiger charge is 2.25. The Bertz CT molecular complexity index is 895. The molecule has 0 spiro atoms. The van der Waals surface area contributed by atoms with Gasteiger partial charge in [-0.2, -0.15) is 4.98 Å². The van der Waals surface area contributed by atoms with Gasteiger partial charge < -0.3 is 14.6 Å². The van der Waals surface area contributed by atoms with Crippen LogP contribution in [0.1, 0.15) is 17.9 Å². The number of nitrogens with one attached hydrogen (secondary N) is 1. The SMILES string of the molecule is O=C(NCCc1nc(-c2cccnc2)no1)[C@@H]1CCc2ccccc2O1. The molecule has 0 bridgehead atoms. The van der Waals surface area contributed by atoms with Gasteiger partial charge in [-0.1, -0.05) is 23.4 Å². The van der Waals surface area contributed by atoms with E-state index >= 15 is 0 Å². The molecular weight excluding hydrogens is 332 g/mol. The fraction of sp³-hybridized carbons (Fsp3) is 0.263. The molecule has 4 rings (SSSR count). The van der Waals surface area contributed by atoms with E-state index in [1.807, 2.05) is 36.4 Å². The van der Waals surface area contributed by atoms with Gasteiger partial charge in [0.15, 0.2) is 6.10 Å². The number of fused-ring (bicyclic) bond motifs is 1. The van der Waals surface area contributed by atoms with Crippen molar-refractivity contribution in [3.8, 4) is 17.1 Å². The van der Waals surface area contributed by atoms with E-state index in [-0.39, 0.29) is 5.91 Å². The maximum absolute atomic E-state index is 12.3. The summed E-state index contributed by atoms with van der Waals surface area (Å²) in [6.45, 7) is 0.412. The number of aromatic nitrogens is 3. The van der Waals surface area contributed by atoms with Gasteiger partial charge in [-0.05, 0) is 36.6 Å². The Morgan fingerprint density at radius 1 is 1.23 bits per heavy atom. The molecular formula is C19H18N4O3. The van der Waals surface area contributed by atoms with Crippen molar-refractivity contribution in [1.82, 2.24) is 20.4 Å². The summed E-state index contributed by atoms with van der Waals surface area (Å²) in [5.74, 6) is 1.63. The highest BCUT2D eigenvalue weighted by atomic mass is 16.5. The van der Waals surface area contributed by atoms with Crippen molar-refractivity contribution in [3.05, 3.63) is 60.2 Å². The van der Waals surface area contributed by atoms with Gasteiger partial charge in [0, 0.05) is 30.9 Å². The highest BCUT2D eigenvalue weighted by molar-refractivity contribution is 5.81. The summed E-state index contributed by atoms with van der Waals surface area (Å²) in [5, 5.41) is 6.81. The molecule has 26 heavy (non-hydrogen) atoms. The number of carbonyl (C=O) groups is 1. The lowest BCUT2D eigenvalue weighted by molar-refractivity contribution is -0.128. The van der Waals surface area contributed by atoms with Crippen molar-refractivity contribution in [3.63, 3.8) is 0 Å². The van der Waals surface area contributed by atoms with Crippen LogP contribution >= 0.6 is 0 Å². The first-order valence-corrected chi connectivity index (χ1v) is 8.55. The zero-order valence-electron chi connectivity index (χ0n) is 14.1. The minimum Gasteiger partial charge on any atom is -0.480 e. The summed E-state index contributed by atoms with van der Waals surface area (Å²) < 4.78 is 11.0. The maximum atomic E-state index is 12.3. The Labute approximate surface area is 150 Å². The number of hydrogen-bond donors (Lipinski definition) is 1. The minimum absolute atomic E-state index is 0.119. The van der Waals surface area contributed by atoms with E-state index in [0.29, 0.717) is 31.1 Å². The lowest BCUT2D eigenvalue weighted by Crippen LogP contribution is -2.41. The zero-order valence-corrected chi connectivity index (χ0v) is 14.1. The predicted octanol–water partition coefficient (Wildman–Crippen LogP) is 2.18. The first-order chi connectivity index (χ1) is 12.8.